The van der Waals surface area contributed by atoms with Gasteiger partial charge in [0.25, 0.3) is 0 Å². The predicted octanol–water partition coefficient (Wildman–Crippen LogP) is 4.83. The molecule has 9 heteroatoms. The number of aryl methyl sites for hydroxylation is 4. The van der Waals surface area contributed by atoms with E-state index in [1.54, 1.807) is 4.68 Å². The van der Waals surface area contributed by atoms with Crippen LogP contribution in [0.4, 0.5) is 22.0 Å². The molecule has 2 aromatic heterocycles. The molecule has 3 fully saturated rings. The number of rotatable bonds is 4. The number of hydrogen-bond acceptors (Lipinski definition) is 7. The van der Waals surface area contributed by atoms with Crippen molar-refractivity contribution in [3.05, 3.63) is 70.8 Å². The molecule has 3 unspecified atom stereocenters. The summed E-state index contributed by atoms with van der Waals surface area (Å²) >= 11 is 0. The topological polar surface area (TPSA) is 97.8 Å². The lowest BCUT2D eigenvalue weighted by Gasteiger charge is -2.34. The number of alkyl halides is 1. The number of aromatic nitrogens is 5. The van der Waals surface area contributed by atoms with Crippen LogP contribution in [0, 0.1) is 5.92 Å². The lowest BCUT2D eigenvalue weighted by molar-refractivity contribution is 0.0809. The summed E-state index contributed by atoms with van der Waals surface area (Å²) in [5.41, 5.74) is 14.5. The van der Waals surface area contributed by atoms with Gasteiger partial charge in [0.2, 0.25) is 11.9 Å². The second-order valence-electron chi connectivity index (χ2n) is 11.8. The molecule has 2 aliphatic heterocycles. The Bertz CT molecular complexity index is 1600. The van der Waals surface area contributed by atoms with Crippen LogP contribution in [0.15, 0.2) is 48.5 Å². The summed E-state index contributed by atoms with van der Waals surface area (Å²) in [5.74, 6) is 1.54. The maximum Gasteiger partial charge on any atom is 0.248 e. The molecular weight excluding hydrogens is 503 g/mol. The maximum atomic E-state index is 14.2. The van der Waals surface area contributed by atoms with Crippen LogP contribution in [0.25, 0.3) is 17.1 Å². The molecule has 0 amide bonds. The van der Waals surface area contributed by atoms with E-state index in [1.807, 2.05) is 12.1 Å². The number of nitrogens with zero attached hydrogens (tertiary/aromatic N) is 6. The van der Waals surface area contributed by atoms with E-state index in [-0.39, 0.29) is 17.9 Å². The fourth-order valence-electron chi connectivity index (χ4n) is 7.36. The van der Waals surface area contributed by atoms with Crippen molar-refractivity contribution in [1.82, 2.24) is 29.9 Å². The summed E-state index contributed by atoms with van der Waals surface area (Å²) in [4.78, 5) is 6.93. The van der Waals surface area contributed by atoms with E-state index >= 15 is 0 Å². The molecule has 5 aliphatic rings. The van der Waals surface area contributed by atoms with Crippen molar-refractivity contribution in [2.24, 2.45) is 5.92 Å². The first-order valence-electron chi connectivity index (χ1n) is 14.6. The van der Waals surface area contributed by atoms with E-state index in [0.717, 1.165) is 80.4 Å². The minimum absolute atomic E-state index is 0.167. The monoisotopic (exact) mass is 536 g/mol. The highest BCUT2D eigenvalue weighted by Crippen LogP contribution is 2.45. The normalized spacial score (nSPS) is 25.2. The Kier molecular flexibility index (Phi) is 5.62. The standard InChI is InChI=1S/C31H33FN8/c32-28-22-15-26(28)39(17-22)24-12-9-18-8-11-23(14-20(18)10-13-24)34-31-35-30(33)40(38-31)27-16-21-6-3-5-19-4-1-2-7-25(19)29(21)37-36-27/h1-2,4,7-8,11,14,16,22,24,26,28H,3,5-6,9-10,12-13,15,17H2,(H3,33,34,35,38)/t22?,24-,26?,28?/m1/s1. The van der Waals surface area contributed by atoms with E-state index in [1.165, 1.54) is 16.7 Å². The number of nitrogens with two attached hydrogens (primary N) is 1. The Hall–Kier alpha value is -3.85. The number of benzene rings is 2. The molecule has 3 N–H and O–H groups in total. The SMILES string of the molecule is Nc1nc(Nc2ccc3c(c2)CC[C@H](N2CC4CC2C4F)CC3)nn1-c1cc2c(nn1)-c1ccccc1CCC2. The number of anilines is 3. The zero-order valence-corrected chi connectivity index (χ0v) is 22.4. The molecule has 3 aliphatic carbocycles. The summed E-state index contributed by atoms with van der Waals surface area (Å²) in [6, 6.07) is 17.6. The number of nitrogen functional groups attached to an aromatic ring is 1. The fourth-order valence-corrected chi connectivity index (χ4v) is 7.36. The Labute approximate surface area is 232 Å². The van der Waals surface area contributed by atoms with E-state index in [0.29, 0.717) is 17.8 Å². The van der Waals surface area contributed by atoms with Gasteiger partial charge in [-0.1, -0.05) is 30.3 Å². The summed E-state index contributed by atoms with van der Waals surface area (Å²) in [5, 5.41) is 17.1. The van der Waals surface area contributed by atoms with Gasteiger partial charge in [-0.3, -0.25) is 4.90 Å². The molecule has 2 saturated heterocycles. The van der Waals surface area contributed by atoms with Crippen molar-refractivity contribution in [1.29, 1.82) is 0 Å². The van der Waals surface area contributed by atoms with Gasteiger partial charge in [0.1, 0.15) is 6.17 Å². The van der Waals surface area contributed by atoms with Crippen LogP contribution >= 0.6 is 0 Å². The van der Waals surface area contributed by atoms with Gasteiger partial charge in [-0.15, -0.1) is 15.3 Å². The average Bonchev–Trinajstić information content (AvgIpc) is 3.57. The molecule has 4 atom stereocenters. The van der Waals surface area contributed by atoms with Gasteiger partial charge in [-0.25, -0.2) is 4.39 Å². The molecule has 2 bridgehead atoms. The summed E-state index contributed by atoms with van der Waals surface area (Å²) in [7, 11) is 0. The molecule has 0 spiro atoms. The molecule has 8 nitrogen and oxygen atoms in total. The number of hydrogen-bond donors (Lipinski definition) is 2. The van der Waals surface area contributed by atoms with Crippen molar-refractivity contribution < 1.29 is 4.39 Å². The first kappa shape index (κ1) is 24.0. The fraction of sp³-hybridized carbons (Fsp3) is 0.419. The number of nitrogens with one attached hydrogen (secondary N) is 1. The summed E-state index contributed by atoms with van der Waals surface area (Å²) in [6.45, 7) is 0.942. The highest BCUT2D eigenvalue weighted by Gasteiger charge is 2.54. The van der Waals surface area contributed by atoms with Crippen molar-refractivity contribution in [3.63, 3.8) is 0 Å². The third-order valence-corrected chi connectivity index (χ3v) is 9.53. The highest BCUT2D eigenvalue weighted by atomic mass is 19.1. The van der Waals surface area contributed by atoms with Crippen LogP contribution in [0.3, 0.4) is 0 Å². The lowest BCUT2D eigenvalue weighted by atomic mass is 9.84. The third-order valence-electron chi connectivity index (χ3n) is 9.53. The number of fused-ring (bicyclic) bond motifs is 5. The highest BCUT2D eigenvalue weighted by molar-refractivity contribution is 5.68. The molecule has 204 valence electrons. The zero-order chi connectivity index (χ0) is 26.8. The van der Waals surface area contributed by atoms with E-state index < -0.39 is 6.17 Å². The maximum absolute atomic E-state index is 14.2. The minimum atomic E-state index is -0.602. The van der Waals surface area contributed by atoms with E-state index in [9.17, 15) is 4.39 Å². The van der Waals surface area contributed by atoms with Crippen LogP contribution in [-0.2, 0) is 25.7 Å². The van der Waals surface area contributed by atoms with Gasteiger partial charge in [-0.05, 0) is 91.8 Å². The summed E-state index contributed by atoms with van der Waals surface area (Å²) < 4.78 is 15.8. The molecule has 40 heavy (non-hydrogen) atoms. The quantitative estimate of drug-likeness (QED) is 0.361. The first-order valence-corrected chi connectivity index (χ1v) is 14.6. The van der Waals surface area contributed by atoms with Crippen molar-refractivity contribution >= 4 is 17.6 Å². The van der Waals surface area contributed by atoms with Gasteiger partial charge in [0.05, 0.1) is 5.69 Å². The average molecular weight is 537 g/mol. The molecule has 9 rings (SSSR count). The van der Waals surface area contributed by atoms with Crippen molar-refractivity contribution in [3.8, 4) is 17.1 Å². The smallest absolute Gasteiger partial charge is 0.248 e. The third kappa shape index (κ3) is 3.98. The van der Waals surface area contributed by atoms with Gasteiger partial charge >= 0.3 is 0 Å². The lowest BCUT2D eigenvalue weighted by Crippen LogP contribution is -2.44. The van der Waals surface area contributed by atoms with Gasteiger partial charge in [0, 0.05) is 35.8 Å². The van der Waals surface area contributed by atoms with Crippen molar-refractivity contribution in [2.75, 3.05) is 17.6 Å². The molecule has 2 aromatic carbocycles. The van der Waals surface area contributed by atoms with E-state index in [2.05, 4.69) is 66.9 Å². The Morgan fingerprint density at radius 3 is 2.60 bits per heavy atom. The van der Waals surface area contributed by atoms with Crippen molar-refractivity contribution in [2.45, 2.75) is 69.6 Å². The molecule has 4 aromatic rings. The van der Waals surface area contributed by atoms with Gasteiger partial charge in [0.15, 0.2) is 5.82 Å². The molecule has 1 saturated carbocycles. The zero-order valence-electron chi connectivity index (χ0n) is 22.4. The summed E-state index contributed by atoms with van der Waals surface area (Å²) in [6.07, 6.45) is 7.67. The van der Waals surface area contributed by atoms with Crippen LogP contribution < -0.4 is 11.1 Å². The van der Waals surface area contributed by atoms with Crippen LogP contribution in [0.1, 0.15) is 47.9 Å². The Balaban J connectivity index is 1.00. The second-order valence-corrected chi connectivity index (χ2v) is 11.8. The Morgan fingerprint density at radius 1 is 0.900 bits per heavy atom. The second kappa shape index (κ2) is 9.37. The van der Waals surface area contributed by atoms with Crippen LogP contribution in [0.2, 0.25) is 0 Å². The largest absolute Gasteiger partial charge is 0.368 e. The molecule has 4 heterocycles. The Morgan fingerprint density at radius 2 is 1.75 bits per heavy atom. The minimum Gasteiger partial charge on any atom is -0.368 e. The first-order chi connectivity index (χ1) is 19.6. The predicted molar refractivity (Wildman–Crippen MR) is 152 cm³/mol. The number of halogens is 1. The van der Waals surface area contributed by atoms with Gasteiger partial charge in [-0.2, -0.15) is 9.67 Å². The van der Waals surface area contributed by atoms with Crippen LogP contribution in [0.5, 0.6) is 0 Å². The van der Waals surface area contributed by atoms with E-state index in [4.69, 9.17) is 5.73 Å². The molecular formula is C31H33FN8. The van der Waals surface area contributed by atoms with Gasteiger partial charge < -0.3 is 11.1 Å². The van der Waals surface area contributed by atoms with Crippen LogP contribution in [-0.4, -0.2) is 54.7 Å². The molecule has 0 radical (unpaired) electrons.